The average molecular weight is 260 g/mol. The molecule has 1 aliphatic rings. The van der Waals surface area contributed by atoms with Crippen molar-refractivity contribution in [2.75, 3.05) is 18.5 Å². The SMILES string of the molecule is CCCCCCCCN1CC(C)c2ccccc2N1. The average Bonchev–Trinajstić information content (AvgIpc) is 2.43. The maximum absolute atomic E-state index is 3.56. The van der Waals surface area contributed by atoms with Crippen LogP contribution >= 0.6 is 0 Å². The van der Waals surface area contributed by atoms with Gasteiger partial charge in [-0.1, -0.05) is 64.2 Å². The molecule has 0 spiro atoms. The van der Waals surface area contributed by atoms with E-state index in [0.29, 0.717) is 5.92 Å². The number of para-hydroxylation sites is 1. The van der Waals surface area contributed by atoms with Gasteiger partial charge in [-0.3, -0.25) is 0 Å². The van der Waals surface area contributed by atoms with Crippen molar-refractivity contribution in [2.24, 2.45) is 0 Å². The summed E-state index contributed by atoms with van der Waals surface area (Å²) < 4.78 is 0. The lowest BCUT2D eigenvalue weighted by molar-refractivity contribution is 0.291. The number of hydrogen-bond donors (Lipinski definition) is 1. The number of hydrogen-bond acceptors (Lipinski definition) is 2. The number of hydrazine groups is 1. The van der Waals surface area contributed by atoms with E-state index in [0.717, 1.165) is 6.54 Å². The van der Waals surface area contributed by atoms with Crippen molar-refractivity contribution in [3.63, 3.8) is 0 Å². The highest BCUT2D eigenvalue weighted by Crippen LogP contribution is 2.29. The molecule has 0 bridgehead atoms. The predicted octanol–water partition coefficient (Wildman–Crippen LogP) is 4.79. The van der Waals surface area contributed by atoms with E-state index in [1.54, 1.807) is 0 Å². The molecule has 1 atom stereocenters. The third kappa shape index (κ3) is 4.24. The maximum Gasteiger partial charge on any atom is 0.0525 e. The van der Waals surface area contributed by atoms with Crippen LogP contribution in [-0.2, 0) is 0 Å². The van der Waals surface area contributed by atoms with E-state index < -0.39 is 0 Å². The molecular formula is C17H28N2. The molecule has 2 rings (SSSR count). The van der Waals surface area contributed by atoms with Crippen LogP contribution in [0.2, 0.25) is 0 Å². The van der Waals surface area contributed by atoms with E-state index in [9.17, 15) is 0 Å². The minimum absolute atomic E-state index is 0.637. The largest absolute Gasteiger partial charge is 0.319 e. The highest BCUT2D eigenvalue weighted by molar-refractivity contribution is 5.53. The molecule has 1 N–H and O–H groups in total. The maximum atomic E-state index is 3.56. The first-order chi connectivity index (χ1) is 9.31. The summed E-state index contributed by atoms with van der Waals surface area (Å²) in [5, 5.41) is 2.40. The highest BCUT2D eigenvalue weighted by atomic mass is 15.5. The van der Waals surface area contributed by atoms with Crippen molar-refractivity contribution in [1.82, 2.24) is 5.01 Å². The van der Waals surface area contributed by atoms with Gasteiger partial charge in [0.05, 0.1) is 5.69 Å². The second kappa shape index (κ2) is 7.54. The Morgan fingerprint density at radius 3 is 2.68 bits per heavy atom. The van der Waals surface area contributed by atoms with Crippen LogP contribution in [0.4, 0.5) is 5.69 Å². The molecule has 0 aliphatic carbocycles. The fourth-order valence-electron chi connectivity index (χ4n) is 2.90. The smallest absolute Gasteiger partial charge is 0.0525 e. The van der Waals surface area contributed by atoms with Crippen LogP contribution in [-0.4, -0.2) is 18.1 Å². The molecule has 106 valence electrons. The molecule has 1 heterocycles. The number of nitrogens with zero attached hydrogens (tertiary/aromatic N) is 1. The second-order valence-corrected chi connectivity index (χ2v) is 5.81. The zero-order chi connectivity index (χ0) is 13.5. The molecule has 0 amide bonds. The molecule has 0 aromatic heterocycles. The molecule has 0 fully saturated rings. The summed E-state index contributed by atoms with van der Waals surface area (Å²) in [6.45, 7) is 6.90. The second-order valence-electron chi connectivity index (χ2n) is 5.81. The van der Waals surface area contributed by atoms with Crippen molar-refractivity contribution in [1.29, 1.82) is 0 Å². The first-order valence-electron chi connectivity index (χ1n) is 7.91. The fourth-order valence-corrected chi connectivity index (χ4v) is 2.90. The van der Waals surface area contributed by atoms with Gasteiger partial charge in [0.25, 0.3) is 0 Å². The number of anilines is 1. The number of rotatable bonds is 7. The number of nitrogens with one attached hydrogen (secondary N) is 1. The van der Waals surface area contributed by atoms with Crippen molar-refractivity contribution in [2.45, 2.75) is 58.3 Å². The van der Waals surface area contributed by atoms with Gasteiger partial charge in [-0.2, -0.15) is 0 Å². The van der Waals surface area contributed by atoms with Crippen LogP contribution in [0.25, 0.3) is 0 Å². The molecule has 0 radical (unpaired) electrons. The predicted molar refractivity (Wildman–Crippen MR) is 83.4 cm³/mol. The lowest BCUT2D eigenvalue weighted by atomic mass is 9.97. The van der Waals surface area contributed by atoms with Gasteiger partial charge in [0, 0.05) is 13.1 Å². The monoisotopic (exact) mass is 260 g/mol. The van der Waals surface area contributed by atoms with E-state index >= 15 is 0 Å². The lowest BCUT2D eigenvalue weighted by Gasteiger charge is -2.34. The summed E-state index contributed by atoms with van der Waals surface area (Å²) in [7, 11) is 0. The molecule has 2 nitrogen and oxygen atoms in total. The van der Waals surface area contributed by atoms with Gasteiger partial charge in [-0.15, -0.1) is 0 Å². The van der Waals surface area contributed by atoms with Gasteiger partial charge in [0.15, 0.2) is 0 Å². The molecule has 19 heavy (non-hydrogen) atoms. The van der Waals surface area contributed by atoms with Gasteiger partial charge in [0.2, 0.25) is 0 Å². The molecule has 0 saturated carbocycles. The zero-order valence-corrected chi connectivity index (χ0v) is 12.5. The summed E-state index contributed by atoms with van der Waals surface area (Å²) in [5.74, 6) is 0.637. The van der Waals surface area contributed by atoms with Gasteiger partial charge >= 0.3 is 0 Å². The van der Waals surface area contributed by atoms with Crippen LogP contribution in [0, 0.1) is 0 Å². The van der Waals surface area contributed by atoms with Crippen molar-refractivity contribution in [3.8, 4) is 0 Å². The first kappa shape index (κ1) is 14.4. The van der Waals surface area contributed by atoms with E-state index in [1.807, 2.05) is 0 Å². The standard InChI is InChI=1S/C17H28N2/c1-3-4-5-6-7-10-13-19-14-15(2)16-11-8-9-12-17(16)18-19/h8-9,11-12,15,18H,3-7,10,13-14H2,1-2H3. The third-order valence-electron chi connectivity index (χ3n) is 4.05. The summed E-state index contributed by atoms with van der Waals surface area (Å²) in [4.78, 5) is 0. The summed E-state index contributed by atoms with van der Waals surface area (Å²) in [6, 6.07) is 8.70. The number of benzene rings is 1. The van der Waals surface area contributed by atoms with Crippen LogP contribution in [0.5, 0.6) is 0 Å². The molecule has 1 aliphatic heterocycles. The molecule has 1 aromatic rings. The Kier molecular flexibility index (Phi) is 5.71. The van der Waals surface area contributed by atoms with Crippen LogP contribution in [0.1, 0.15) is 63.9 Å². The van der Waals surface area contributed by atoms with E-state index in [-0.39, 0.29) is 0 Å². The Morgan fingerprint density at radius 2 is 1.84 bits per heavy atom. The Labute approximate surface area is 118 Å². The minimum Gasteiger partial charge on any atom is -0.319 e. The molecule has 1 unspecified atom stereocenters. The van der Waals surface area contributed by atoms with E-state index in [1.165, 1.54) is 56.3 Å². The number of unbranched alkanes of at least 4 members (excludes halogenated alkanes) is 5. The van der Waals surface area contributed by atoms with Gasteiger partial charge in [0.1, 0.15) is 0 Å². The fraction of sp³-hybridized carbons (Fsp3) is 0.647. The van der Waals surface area contributed by atoms with Gasteiger partial charge in [-0.25, -0.2) is 5.01 Å². The lowest BCUT2D eigenvalue weighted by Crippen LogP contribution is -2.38. The normalized spacial score (nSPS) is 18.9. The topological polar surface area (TPSA) is 15.3 Å². The molecule has 1 aromatic carbocycles. The van der Waals surface area contributed by atoms with Crippen LogP contribution < -0.4 is 5.43 Å². The Balaban J connectivity index is 1.72. The zero-order valence-electron chi connectivity index (χ0n) is 12.5. The highest BCUT2D eigenvalue weighted by Gasteiger charge is 2.20. The Hall–Kier alpha value is -1.02. The van der Waals surface area contributed by atoms with Crippen LogP contribution in [0.15, 0.2) is 24.3 Å². The Bertz CT molecular complexity index is 375. The van der Waals surface area contributed by atoms with Crippen molar-refractivity contribution in [3.05, 3.63) is 29.8 Å². The third-order valence-corrected chi connectivity index (χ3v) is 4.05. The van der Waals surface area contributed by atoms with Crippen molar-refractivity contribution < 1.29 is 0 Å². The quantitative estimate of drug-likeness (QED) is 0.709. The minimum atomic E-state index is 0.637. The van der Waals surface area contributed by atoms with E-state index in [2.05, 4.69) is 48.5 Å². The summed E-state index contributed by atoms with van der Waals surface area (Å²) >= 11 is 0. The first-order valence-corrected chi connectivity index (χ1v) is 7.91. The molecule has 2 heteroatoms. The van der Waals surface area contributed by atoms with Crippen LogP contribution in [0.3, 0.4) is 0 Å². The summed E-state index contributed by atoms with van der Waals surface area (Å²) in [5.41, 5.74) is 6.32. The molecular weight excluding hydrogens is 232 g/mol. The molecule has 0 saturated heterocycles. The van der Waals surface area contributed by atoms with Crippen molar-refractivity contribution >= 4 is 5.69 Å². The van der Waals surface area contributed by atoms with Gasteiger partial charge in [-0.05, 0) is 24.0 Å². The van der Waals surface area contributed by atoms with E-state index in [4.69, 9.17) is 0 Å². The van der Waals surface area contributed by atoms with Gasteiger partial charge < -0.3 is 5.43 Å². The Morgan fingerprint density at radius 1 is 1.11 bits per heavy atom. The summed E-state index contributed by atoms with van der Waals surface area (Å²) in [6.07, 6.45) is 8.21. The number of fused-ring (bicyclic) bond motifs is 1.